The third-order valence-corrected chi connectivity index (χ3v) is 6.66. The Morgan fingerprint density at radius 2 is 1.62 bits per heavy atom. The van der Waals surface area contributed by atoms with Crippen molar-refractivity contribution in [1.82, 2.24) is 20.3 Å². The second-order valence-electron chi connectivity index (χ2n) is 9.03. The van der Waals surface area contributed by atoms with Gasteiger partial charge in [-0.15, -0.1) is 5.10 Å². The number of ether oxygens (including phenoxy) is 1. The van der Waals surface area contributed by atoms with Gasteiger partial charge in [-0.05, 0) is 91.0 Å². The molecule has 0 atom stereocenters. The van der Waals surface area contributed by atoms with Crippen LogP contribution in [0.4, 0.5) is 13.2 Å². The number of benzene rings is 3. The standard InChI is InChI=1S/C28H25F3N4O2/c1-37-27(36)23-15-21(19-4-2-18(3-5-19)20-10-12-32-13-11-20)14-22(16-23)26-17-35(34-33-26)25-8-6-24(7-9-25)28(29,30)31/h2-9,14-17,20,32H,10-13H2,1H3. The Hall–Kier alpha value is -3.98. The monoisotopic (exact) mass is 506 g/mol. The largest absolute Gasteiger partial charge is 0.465 e. The van der Waals surface area contributed by atoms with Crippen molar-refractivity contribution in [3.05, 3.63) is 89.6 Å². The van der Waals surface area contributed by atoms with Crippen LogP contribution < -0.4 is 5.32 Å². The van der Waals surface area contributed by atoms with E-state index in [-0.39, 0.29) is 0 Å². The van der Waals surface area contributed by atoms with Gasteiger partial charge in [0, 0.05) is 5.56 Å². The lowest BCUT2D eigenvalue weighted by Crippen LogP contribution is -2.26. The van der Waals surface area contributed by atoms with Crippen LogP contribution in [0.2, 0.25) is 0 Å². The van der Waals surface area contributed by atoms with E-state index in [9.17, 15) is 18.0 Å². The van der Waals surface area contributed by atoms with Crippen LogP contribution in [0.15, 0.2) is 72.9 Å². The molecule has 2 heterocycles. The molecule has 6 nitrogen and oxygen atoms in total. The number of hydrogen-bond donors (Lipinski definition) is 1. The summed E-state index contributed by atoms with van der Waals surface area (Å²) in [6, 6.07) is 18.4. The zero-order valence-electron chi connectivity index (χ0n) is 20.1. The molecular formula is C28H25F3N4O2. The van der Waals surface area contributed by atoms with E-state index in [0.717, 1.165) is 49.2 Å². The number of methoxy groups -OCH3 is 1. The molecule has 3 aromatic carbocycles. The maximum absolute atomic E-state index is 12.9. The highest BCUT2D eigenvalue weighted by atomic mass is 19.4. The molecule has 37 heavy (non-hydrogen) atoms. The minimum absolute atomic E-state index is 0.363. The maximum atomic E-state index is 12.9. The Labute approximate surface area is 212 Å². The highest BCUT2D eigenvalue weighted by Crippen LogP contribution is 2.32. The van der Waals surface area contributed by atoms with E-state index in [4.69, 9.17) is 4.74 Å². The first-order valence-electron chi connectivity index (χ1n) is 12.0. The smallest absolute Gasteiger partial charge is 0.416 e. The third kappa shape index (κ3) is 5.41. The van der Waals surface area contributed by atoms with Crippen molar-refractivity contribution in [3.63, 3.8) is 0 Å². The first kappa shape index (κ1) is 24.7. The molecule has 0 unspecified atom stereocenters. The van der Waals surface area contributed by atoms with Crippen molar-refractivity contribution >= 4 is 5.97 Å². The number of esters is 1. The Balaban J connectivity index is 1.47. The number of nitrogens with zero attached hydrogens (tertiary/aromatic N) is 3. The molecule has 190 valence electrons. The molecule has 4 aromatic rings. The second kappa shape index (κ2) is 10.2. The summed E-state index contributed by atoms with van der Waals surface area (Å²) < 4.78 is 45.0. The minimum atomic E-state index is -4.41. The average Bonchev–Trinajstić information content (AvgIpc) is 3.43. The molecule has 1 aromatic heterocycles. The van der Waals surface area contributed by atoms with Gasteiger partial charge in [0.2, 0.25) is 0 Å². The second-order valence-corrected chi connectivity index (χ2v) is 9.03. The van der Waals surface area contributed by atoms with E-state index in [1.165, 1.54) is 29.5 Å². The van der Waals surface area contributed by atoms with E-state index < -0.39 is 17.7 Å². The van der Waals surface area contributed by atoms with Gasteiger partial charge in [-0.25, -0.2) is 9.48 Å². The minimum Gasteiger partial charge on any atom is -0.465 e. The lowest BCUT2D eigenvalue weighted by atomic mass is 9.89. The number of piperidine rings is 1. The van der Waals surface area contributed by atoms with Crippen LogP contribution in [0, 0.1) is 0 Å². The van der Waals surface area contributed by atoms with E-state index >= 15 is 0 Å². The van der Waals surface area contributed by atoms with Crippen molar-refractivity contribution in [2.45, 2.75) is 24.9 Å². The summed E-state index contributed by atoms with van der Waals surface area (Å²) in [5.74, 6) is 0.0528. The third-order valence-electron chi connectivity index (χ3n) is 6.66. The van der Waals surface area contributed by atoms with Crippen molar-refractivity contribution in [3.8, 4) is 28.1 Å². The number of carbonyl (C=O) groups excluding carboxylic acids is 1. The van der Waals surface area contributed by atoms with Crippen molar-refractivity contribution in [2.24, 2.45) is 0 Å². The molecule has 5 rings (SSSR count). The molecule has 0 saturated carbocycles. The number of carbonyl (C=O) groups is 1. The lowest BCUT2D eigenvalue weighted by molar-refractivity contribution is -0.137. The van der Waals surface area contributed by atoms with E-state index in [1.54, 1.807) is 18.3 Å². The van der Waals surface area contributed by atoms with Crippen molar-refractivity contribution in [2.75, 3.05) is 20.2 Å². The van der Waals surface area contributed by atoms with Gasteiger partial charge in [0.1, 0.15) is 5.69 Å². The van der Waals surface area contributed by atoms with Gasteiger partial charge in [0.25, 0.3) is 0 Å². The molecule has 1 saturated heterocycles. The highest BCUT2D eigenvalue weighted by molar-refractivity contribution is 5.93. The Morgan fingerprint density at radius 3 is 2.27 bits per heavy atom. The zero-order valence-corrected chi connectivity index (χ0v) is 20.1. The van der Waals surface area contributed by atoms with E-state index in [2.05, 4.69) is 39.9 Å². The topological polar surface area (TPSA) is 69.0 Å². The van der Waals surface area contributed by atoms with Gasteiger partial charge >= 0.3 is 12.1 Å². The summed E-state index contributed by atoms with van der Waals surface area (Å²) in [5, 5.41) is 11.7. The first-order valence-corrected chi connectivity index (χ1v) is 12.0. The summed E-state index contributed by atoms with van der Waals surface area (Å²) in [4.78, 5) is 12.4. The average molecular weight is 507 g/mol. The van der Waals surface area contributed by atoms with Gasteiger partial charge in [0.05, 0.1) is 30.1 Å². The first-order chi connectivity index (χ1) is 17.8. The Morgan fingerprint density at radius 1 is 0.946 bits per heavy atom. The Bertz CT molecular complexity index is 1390. The van der Waals surface area contributed by atoms with Crippen molar-refractivity contribution < 1.29 is 22.7 Å². The molecule has 0 radical (unpaired) electrons. The normalized spacial score (nSPS) is 14.5. The predicted molar refractivity (Wildman–Crippen MR) is 133 cm³/mol. The Kier molecular flexibility index (Phi) is 6.80. The highest BCUT2D eigenvalue weighted by Gasteiger charge is 2.30. The molecule has 0 aliphatic carbocycles. The molecule has 0 amide bonds. The lowest BCUT2D eigenvalue weighted by Gasteiger charge is -2.23. The number of nitrogens with one attached hydrogen (secondary N) is 1. The summed E-state index contributed by atoms with van der Waals surface area (Å²) in [6.45, 7) is 2.04. The van der Waals surface area contributed by atoms with Crippen LogP contribution in [0.5, 0.6) is 0 Å². The predicted octanol–water partition coefficient (Wildman–Crippen LogP) is 5.87. The fraction of sp³-hybridized carbons (Fsp3) is 0.250. The van der Waals surface area contributed by atoms with Gasteiger partial charge in [-0.1, -0.05) is 29.5 Å². The summed E-state index contributed by atoms with van der Waals surface area (Å²) in [5.41, 5.74) is 4.23. The van der Waals surface area contributed by atoms with Crippen LogP contribution in [0.25, 0.3) is 28.1 Å². The molecule has 1 aliphatic rings. The van der Waals surface area contributed by atoms with Crippen LogP contribution in [-0.2, 0) is 10.9 Å². The number of rotatable bonds is 5. The van der Waals surface area contributed by atoms with Crippen LogP contribution in [0.1, 0.15) is 40.2 Å². The fourth-order valence-electron chi connectivity index (χ4n) is 4.61. The molecule has 9 heteroatoms. The van der Waals surface area contributed by atoms with Crippen LogP contribution in [-0.4, -0.2) is 41.2 Å². The molecule has 0 spiro atoms. The molecular weight excluding hydrogens is 481 g/mol. The maximum Gasteiger partial charge on any atom is 0.416 e. The summed E-state index contributed by atoms with van der Waals surface area (Å²) in [6.07, 6.45) is -0.586. The van der Waals surface area contributed by atoms with Gasteiger partial charge < -0.3 is 10.1 Å². The molecule has 0 bridgehead atoms. The van der Waals surface area contributed by atoms with Gasteiger partial charge in [-0.3, -0.25) is 0 Å². The van der Waals surface area contributed by atoms with Crippen molar-refractivity contribution in [1.29, 1.82) is 0 Å². The SMILES string of the molecule is COC(=O)c1cc(-c2ccc(C3CCNCC3)cc2)cc(-c2cn(-c3ccc(C(F)(F)F)cc3)nn2)c1. The van der Waals surface area contributed by atoms with Crippen LogP contribution in [0.3, 0.4) is 0 Å². The molecule has 1 aliphatic heterocycles. The quantitative estimate of drug-likeness (QED) is 0.343. The number of hydrogen-bond acceptors (Lipinski definition) is 5. The van der Waals surface area contributed by atoms with Gasteiger partial charge in [-0.2, -0.15) is 13.2 Å². The van der Waals surface area contributed by atoms with E-state index in [0.29, 0.717) is 28.4 Å². The van der Waals surface area contributed by atoms with E-state index in [1.807, 2.05) is 6.07 Å². The summed E-state index contributed by atoms with van der Waals surface area (Å²) in [7, 11) is 1.32. The van der Waals surface area contributed by atoms with Crippen LogP contribution >= 0.6 is 0 Å². The zero-order chi connectivity index (χ0) is 26.0. The fourth-order valence-corrected chi connectivity index (χ4v) is 4.61. The van der Waals surface area contributed by atoms with Gasteiger partial charge in [0.15, 0.2) is 0 Å². The summed E-state index contributed by atoms with van der Waals surface area (Å²) >= 11 is 0. The molecule has 1 fully saturated rings. The number of aromatic nitrogens is 3. The number of alkyl halides is 3. The number of halogens is 3. The molecule has 1 N–H and O–H groups in total.